The highest BCUT2D eigenvalue weighted by Crippen LogP contribution is 2.47. The van der Waals surface area contributed by atoms with Crippen LogP contribution in [0.15, 0.2) is 77.8 Å². The fourth-order valence-electron chi connectivity index (χ4n) is 3.98. The molecule has 9 heteroatoms. The Hall–Kier alpha value is -3.71. The Morgan fingerprint density at radius 1 is 1.00 bits per heavy atom. The average Bonchev–Trinajstić information content (AvgIpc) is 3.19. The quantitative estimate of drug-likeness (QED) is 0.207. The van der Waals surface area contributed by atoms with Crippen molar-refractivity contribution < 1.29 is 23.5 Å². The molecule has 1 aromatic heterocycles. The monoisotopic (exact) mass is 505 g/mol. The molecule has 0 fully saturated rings. The summed E-state index contributed by atoms with van der Waals surface area (Å²) < 4.78 is 24.5. The van der Waals surface area contributed by atoms with E-state index in [1.165, 1.54) is 0 Å². The zero-order chi connectivity index (χ0) is 25.7. The van der Waals surface area contributed by atoms with E-state index in [0.717, 1.165) is 11.1 Å². The molecule has 0 atom stereocenters. The highest BCUT2D eigenvalue weighted by Gasteiger charge is 2.28. The summed E-state index contributed by atoms with van der Waals surface area (Å²) in [6.07, 6.45) is 0.140. The van der Waals surface area contributed by atoms with E-state index in [9.17, 15) is 14.5 Å². The van der Waals surface area contributed by atoms with E-state index in [1.807, 2.05) is 30.3 Å². The number of aliphatic imine (C=N–C) groups is 1. The number of H-pyrrole nitrogens is 1. The number of nitrogens with zero attached hydrogens (tertiary/aromatic N) is 1. The summed E-state index contributed by atoms with van der Waals surface area (Å²) in [6.45, 7) is 3.96. The van der Waals surface area contributed by atoms with E-state index in [0.29, 0.717) is 33.2 Å². The lowest BCUT2D eigenvalue weighted by Gasteiger charge is -2.17. The third kappa shape index (κ3) is 5.41. The molecule has 1 heterocycles. The fraction of sp³-hybridized carbons (Fsp3) is 0.185. The topological polar surface area (TPSA) is 127 Å². The first-order valence-corrected chi connectivity index (χ1v) is 13.1. The van der Waals surface area contributed by atoms with Crippen molar-refractivity contribution in [3.05, 3.63) is 89.5 Å². The van der Waals surface area contributed by atoms with E-state index >= 15 is 0 Å². The van der Waals surface area contributed by atoms with Crippen molar-refractivity contribution >= 4 is 41.1 Å². The fourth-order valence-corrected chi connectivity index (χ4v) is 5.58. The number of rotatable bonds is 10. The molecule has 0 aliphatic rings. The number of aromatic amines is 1. The van der Waals surface area contributed by atoms with Crippen LogP contribution in [-0.4, -0.2) is 34.9 Å². The summed E-state index contributed by atoms with van der Waals surface area (Å²) >= 11 is 0. The third-order valence-corrected chi connectivity index (χ3v) is 7.62. The largest absolute Gasteiger partial charge is 0.494 e. The molecular weight excluding hydrogens is 477 g/mol. The van der Waals surface area contributed by atoms with E-state index in [-0.39, 0.29) is 25.5 Å². The summed E-state index contributed by atoms with van der Waals surface area (Å²) in [4.78, 5) is 19.1. The number of nitrogens with two attached hydrogens (primary N) is 1. The van der Waals surface area contributed by atoms with Gasteiger partial charge in [0.25, 0.3) is 0 Å². The van der Waals surface area contributed by atoms with Gasteiger partial charge in [-0.3, -0.25) is 9.36 Å². The van der Waals surface area contributed by atoms with Gasteiger partial charge in [0.05, 0.1) is 41.9 Å². The van der Waals surface area contributed by atoms with Gasteiger partial charge in [0.2, 0.25) is 5.91 Å². The van der Waals surface area contributed by atoms with Gasteiger partial charge in [0.1, 0.15) is 0 Å². The van der Waals surface area contributed by atoms with Gasteiger partial charge < -0.3 is 24.9 Å². The molecule has 0 unspecified atom stereocenters. The second kappa shape index (κ2) is 10.9. The van der Waals surface area contributed by atoms with Crippen LogP contribution in [0.4, 0.5) is 5.69 Å². The van der Waals surface area contributed by atoms with Crippen LogP contribution in [-0.2, 0) is 24.8 Å². The van der Waals surface area contributed by atoms with Gasteiger partial charge >= 0.3 is 7.60 Å². The molecule has 0 aliphatic heterocycles. The van der Waals surface area contributed by atoms with E-state index in [1.54, 1.807) is 56.3 Å². The van der Waals surface area contributed by atoms with Crippen LogP contribution >= 0.6 is 7.60 Å². The van der Waals surface area contributed by atoms with Crippen molar-refractivity contribution in [2.24, 2.45) is 10.7 Å². The summed E-state index contributed by atoms with van der Waals surface area (Å²) in [5, 5.41) is 12.0. The summed E-state index contributed by atoms with van der Waals surface area (Å²) in [7, 11) is -3.55. The molecular formula is C27H28N3O5P. The van der Waals surface area contributed by atoms with Crippen molar-refractivity contribution in [3.8, 4) is 5.88 Å². The summed E-state index contributed by atoms with van der Waals surface area (Å²) in [5.74, 6) is -0.482. The highest BCUT2D eigenvalue weighted by molar-refractivity contribution is 7.62. The maximum atomic E-state index is 13.4. The lowest BCUT2D eigenvalue weighted by atomic mass is 10.0. The first-order valence-electron chi connectivity index (χ1n) is 11.6. The van der Waals surface area contributed by atoms with Gasteiger partial charge in [0, 0.05) is 16.5 Å². The van der Waals surface area contributed by atoms with Gasteiger partial charge in [-0.1, -0.05) is 42.5 Å². The van der Waals surface area contributed by atoms with Crippen LogP contribution in [0.1, 0.15) is 30.5 Å². The molecule has 0 aliphatic carbocycles. The highest BCUT2D eigenvalue weighted by atomic mass is 31.2. The van der Waals surface area contributed by atoms with Crippen LogP contribution in [0.25, 0.3) is 10.9 Å². The third-order valence-electron chi connectivity index (χ3n) is 5.52. The Kier molecular flexibility index (Phi) is 7.70. The molecule has 4 N–H and O–H groups in total. The number of carbonyl (C=O) groups excluding carboxylic acids is 1. The minimum absolute atomic E-state index is 0.0715. The van der Waals surface area contributed by atoms with E-state index in [2.05, 4.69) is 4.98 Å². The molecule has 0 radical (unpaired) electrons. The van der Waals surface area contributed by atoms with Gasteiger partial charge in [-0.05, 0) is 49.7 Å². The zero-order valence-electron chi connectivity index (χ0n) is 20.1. The molecule has 0 bridgehead atoms. The first-order chi connectivity index (χ1) is 17.3. The van der Waals surface area contributed by atoms with E-state index in [4.69, 9.17) is 19.8 Å². The standard InChI is InChI=1S/C27H28N3O5P/c1-3-34-36(33,35-4-2)21-14-15-23-22(17-21)25(27(32)30-23)26(19-8-6-5-7-9-19)29-20-12-10-18(11-13-20)16-24(28)31/h5-15,17,30,32H,3-4,16H2,1-2H3,(H2,28,31). The molecule has 186 valence electrons. The number of nitrogens with one attached hydrogen (secondary N) is 1. The number of fused-ring (bicyclic) bond motifs is 1. The van der Waals surface area contributed by atoms with Crippen molar-refractivity contribution in [2.75, 3.05) is 13.2 Å². The first kappa shape index (κ1) is 25.4. The van der Waals surface area contributed by atoms with Gasteiger partial charge in [-0.15, -0.1) is 0 Å². The number of aromatic hydroxyl groups is 1. The summed E-state index contributed by atoms with van der Waals surface area (Å²) in [5.41, 5.74) is 9.10. The Balaban J connectivity index is 1.89. The number of aromatic nitrogens is 1. The molecule has 0 saturated carbocycles. The van der Waals surface area contributed by atoms with Crippen LogP contribution in [0.5, 0.6) is 5.88 Å². The molecule has 4 aromatic rings. The van der Waals surface area contributed by atoms with Crippen LogP contribution in [0, 0.1) is 0 Å². The molecule has 0 saturated heterocycles. The second-order valence-corrected chi connectivity index (χ2v) is 10.1. The predicted molar refractivity (Wildman–Crippen MR) is 142 cm³/mol. The van der Waals surface area contributed by atoms with Crippen molar-refractivity contribution in [1.82, 2.24) is 4.98 Å². The molecule has 1 amide bonds. The zero-order valence-corrected chi connectivity index (χ0v) is 21.0. The Bertz CT molecular complexity index is 1440. The maximum Gasteiger partial charge on any atom is 0.361 e. The van der Waals surface area contributed by atoms with Crippen molar-refractivity contribution in [1.29, 1.82) is 0 Å². The SMILES string of the molecule is CCOP(=O)(OCC)c1ccc2[nH]c(O)c(C(=Nc3ccc(CC(N)=O)cc3)c3ccccc3)c2c1. The number of carbonyl (C=O) groups is 1. The minimum atomic E-state index is -3.55. The number of benzene rings is 3. The average molecular weight is 506 g/mol. The number of hydrogen-bond donors (Lipinski definition) is 3. The normalized spacial score (nSPS) is 12.2. The van der Waals surface area contributed by atoms with Crippen molar-refractivity contribution in [3.63, 3.8) is 0 Å². The predicted octanol–water partition coefficient (Wildman–Crippen LogP) is 4.96. The molecule has 8 nitrogen and oxygen atoms in total. The van der Waals surface area contributed by atoms with Gasteiger partial charge in [0.15, 0.2) is 5.88 Å². The van der Waals surface area contributed by atoms with Crippen LogP contribution < -0.4 is 11.0 Å². The molecule has 3 aromatic carbocycles. The minimum Gasteiger partial charge on any atom is -0.494 e. The van der Waals surface area contributed by atoms with Gasteiger partial charge in [-0.25, -0.2) is 4.99 Å². The molecule has 0 spiro atoms. The molecule has 4 rings (SSSR count). The molecule has 36 heavy (non-hydrogen) atoms. The second-order valence-electron chi connectivity index (χ2n) is 8.05. The number of hydrogen-bond acceptors (Lipinski definition) is 6. The van der Waals surface area contributed by atoms with Crippen LogP contribution in [0.3, 0.4) is 0 Å². The summed E-state index contributed by atoms with van der Waals surface area (Å²) in [6, 6.07) is 21.7. The number of amides is 1. The smallest absolute Gasteiger partial charge is 0.361 e. The lowest BCUT2D eigenvalue weighted by Crippen LogP contribution is -2.13. The van der Waals surface area contributed by atoms with Crippen molar-refractivity contribution in [2.45, 2.75) is 20.3 Å². The van der Waals surface area contributed by atoms with E-state index < -0.39 is 13.5 Å². The Labute approximate surface area is 209 Å². The Morgan fingerprint density at radius 3 is 2.28 bits per heavy atom. The van der Waals surface area contributed by atoms with Crippen LogP contribution in [0.2, 0.25) is 0 Å². The maximum absolute atomic E-state index is 13.4. The van der Waals surface area contributed by atoms with Gasteiger partial charge in [-0.2, -0.15) is 0 Å². The Morgan fingerprint density at radius 2 is 1.67 bits per heavy atom. The lowest BCUT2D eigenvalue weighted by molar-refractivity contribution is -0.117. The number of primary amides is 1.